The molecule has 3 N–H and O–H groups in total. The van der Waals surface area contributed by atoms with E-state index in [1.54, 1.807) is 13.0 Å². The lowest BCUT2D eigenvalue weighted by Crippen LogP contribution is -2.70. The molecule has 0 aromatic carbocycles. The van der Waals surface area contributed by atoms with Crippen LogP contribution in [-0.2, 0) is 9.59 Å². The molecule has 0 aromatic heterocycles. The molecule has 166 valence electrons. The average molecular weight is 420 g/mol. The van der Waals surface area contributed by atoms with E-state index in [1.165, 1.54) is 12.2 Å². The number of fused-ring (bicyclic) bond motifs is 5. The Bertz CT molecular complexity index is 852. The molecule has 0 bridgehead atoms. The molecule has 3 fully saturated rings. The van der Waals surface area contributed by atoms with Crippen molar-refractivity contribution in [3.05, 3.63) is 23.8 Å². The van der Waals surface area contributed by atoms with Gasteiger partial charge in [0.05, 0.1) is 6.10 Å². The van der Waals surface area contributed by atoms with Crippen LogP contribution in [0.1, 0.15) is 60.3 Å². The van der Waals surface area contributed by atoms with Gasteiger partial charge in [0.15, 0.2) is 17.1 Å². The highest BCUT2D eigenvalue weighted by Gasteiger charge is 2.75. The van der Waals surface area contributed by atoms with E-state index < -0.39 is 40.0 Å². The summed E-state index contributed by atoms with van der Waals surface area (Å²) in [5.74, 6) is -1.68. The molecule has 4 aliphatic rings. The van der Waals surface area contributed by atoms with Gasteiger partial charge in [-0.3, -0.25) is 9.59 Å². The van der Waals surface area contributed by atoms with Crippen molar-refractivity contribution in [3.8, 4) is 0 Å². The number of aliphatic hydroxyl groups excluding tert-OH is 1. The number of halogens is 1. The first kappa shape index (κ1) is 21.7. The Kier molecular flexibility index (Phi) is 4.69. The summed E-state index contributed by atoms with van der Waals surface area (Å²) in [5, 5.41) is 25.8. The molecule has 6 heteroatoms. The minimum absolute atomic E-state index is 0.00167. The van der Waals surface area contributed by atoms with Crippen LogP contribution >= 0.6 is 0 Å². The van der Waals surface area contributed by atoms with Gasteiger partial charge >= 0.3 is 0 Å². The molecule has 0 radical (unpaired) electrons. The Labute approximate surface area is 177 Å². The molecule has 4 rings (SSSR count). The van der Waals surface area contributed by atoms with E-state index in [-0.39, 0.29) is 30.1 Å². The number of ketones is 1. The summed E-state index contributed by atoms with van der Waals surface area (Å²) in [5.41, 5.74) is -4.88. The number of hydrogen-bond acceptors (Lipinski definition) is 4. The number of amides is 1. The highest BCUT2D eigenvalue weighted by atomic mass is 19.1. The average Bonchev–Trinajstić information content (AvgIpc) is 2.85. The van der Waals surface area contributed by atoms with E-state index in [9.17, 15) is 19.8 Å². The number of hydrogen-bond donors (Lipinski definition) is 3. The van der Waals surface area contributed by atoms with Gasteiger partial charge in [0.25, 0.3) is 5.91 Å². The van der Waals surface area contributed by atoms with Crippen LogP contribution in [0.2, 0.25) is 0 Å². The summed E-state index contributed by atoms with van der Waals surface area (Å²) in [7, 11) is 0. The fourth-order valence-electron chi connectivity index (χ4n) is 7.40. The molecule has 0 saturated heterocycles. The molecular weight excluding hydrogens is 385 g/mol. The number of nitrogens with one attached hydrogen (secondary N) is 1. The van der Waals surface area contributed by atoms with Gasteiger partial charge in [-0.15, -0.1) is 0 Å². The van der Waals surface area contributed by atoms with Gasteiger partial charge < -0.3 is 15.5 Å². The normalized spacial score (nSPS) is 49.9. The quantitative estimate of drug-likeness (QED) is 0.642. The lowest BCUT2D eigenvalue weighted by molar-refractivity contribution is -0.219. The Balaban J connectivity index is 1.79. The topological polar surface area (TPSA) is 86.6 Å². The molecule has 1 amide bonds. The van der Waals surface area contributed by atoms with Gasteiger partial charge in [-0.1, -0.05) is 25.5 Å². The molecular formula is C24H34FNO4. The molecule has 0 aliphatic heterocycles. The molecule has 4 aliphatic carbocycles. The van der Waals surface area contributed by atoms with Gasteiger partial charge in [-0.2, -0.15) is 0 Å². The predicted octanol–water partition coefficient (Wildman–Crippen LogP) is 2.86. The number of carbonyl (C=O) groups excluding carboxylic acids is 2. The standard InChI is InChI=1S/C24H34FNO4/c1-13(2)26-20(29)24(30)14(3)10-18-17-7-6-15-11-16(27)8-9-21(15,4)23(17,25)19(28)12-22(18,24)5/h8-9,11,13-14,17-19,28,30H,6-7,10,12H2,1-5H3,(H,26,29)/t14-,17+,18+,19+,21+,22+,23+,24+/m1/s1. The minimum Gasteiger partial charge on any atom is -0.390 e. The van der Waals surface area contributed by atoms with Crippen LogP contribution < -0.4 is 5.32 Å². The van der Waals surface area contributed by atoms with Crippen molar-refractivity contribution in [2.45, 2.75) is 83.7 Å². The molecule has 3 saturated carbocycles. The van der Waals surface area contributed by atoms with E-state index in [2.05, 4.69) is 5.32 Å². The van der Waals surface area contributed by atoms with Crippen molar-refractivity contribution >= 4 is 11.7 Å². The van der Waals surface area contributed by atoms with Gasteiger partial charge in [0, 0.05) is 22.8 Å². The summed E-state index contributed by atoms with van der Waals surface area (Å²) in [6, 6.07) is -0.128. The van der Waals surface area contributed by atoms with Crippen LogP contribution in [0.25, 0.3) is 0 Å². The summed E-state index contributed by atoms with van der Waals surface area (Å²) in [6.45, 7) is 9.16. The van der Waals surface area contributed by atoms with E-state index in [1.807, 2.05) is 27.7 Å². The second-order valence-corrected chi connectivity index (χ2v) is 10.8. The van der Waals surface area contributed by atoms with Crippen molar-refractivity contribution in [1.29, 1.82) is 0 Å². The van der Waals surface area contributed by atoms with Crippen molar-refractivity contribution in [2.75, 3.05) is 0 Å². The van der Waals surface area contributed by atoms with Crippen molar-refractivity contribution in [2.24, 2.45) is 28.6 Å². The molecule has 0 heterocycles. The third kappa shape index (κ3) is 2.41. The summed E-state index contributed by atoms with van der Waals surface area (Å²) in [6.07, 6.45) is 4.79. The Hall–Kier alpha value is -1.53. The van der Waals surface area contributed by atoms with E-state index in [0.717, 1.165) is 5.57 Å². The maximum Gasteiger partial charge on any atom is 0.253 e. The maximum atomic E-state index is 17.0. The minimum atomic E-state index is -1.95. The summed E-state index contributed by atoms with van der Waals surface area (Å²) in [4.78, 5) is 25.0. The zero-order chi connectivity index (χ0) is 22.3. The molecule has 0 spiro atoms. The Morgan fingerprint density at radius 3 is 2.60 bits per heavy atom. The van der Waals surface area contributed by atoms with Crippen LogP contribution in [0, 0.1) is 28.6 Å². The smallest absolute Gasteiger partial charge is 0.253 e. The van der Waals surface area contributed by atoms with Crippen LogP contribution in [0.3, 0.4) is 0 Å². The molecule has 5 nitrogen and oxygen atoms in total. The Morgan fingerprint density at radius 2 is 1.97 bits per heavy atom. The first-order valence-electron chi connectivity index (χ1n) is 11.2. The van der Waals surface area contributed by atoms with E-state index >= 15 is 4.39 Å². The fraction of sp³-hybridized carbons (Fsp3) is 0.750. The number of alkyl halides is 1. The monoisotopic (exact) mass is 419 g/mol. The second-order valence-electron chi connectivity index (χ2n) is 10.8. The van der Waals surface area contributed by atoms with Crippen molar-refractivity contribution in [3.63, 3.8) is 0 Å². The molecule has 0 aromatic rings. The molecule has 8 atom stereocenters. The SMILES string of the molecule is CC(C)NC(=O)[C@@]1(O)[C@H](C)C[C@H]2[C@@H]3CCC4=CC(=O)C=C[C@]4(C)[C@@]3(F)[C@@H](O)C[C@@]21C. The van der Waals surface area contributed by atoms with Crippen LogP contribution in [0.15, 0.2) is 23.8 Å². The van der Waals surface area contributed by atoms with Crippen molar-refractivity contribution in [1.82, 2.24) is 5.32 Å². The van der Waals surface area contributed by atoms with Crippen LogP contribution in [0.5, 0.6) is 0 Å². The fourth-order valence-corrected chi connectivity index (χ4v) is 7.40. The highest BCUT2D eigenvalue weighted by molar-refractivity contribution is 6.01. The Morgan fingerprint density at radius 1 is 1.30 bits per heavy atom. The maximum absolute atomic E-state index is 17.0. The summed E-state index contributed by atoms with van der Waals surface area (Å²) >= 11 is 0. The largest absolute Gasteiger partial charge is 0.390 e. The van der Waals surface area contributed by atoms with Gasteiger partial charge in [-0.05, 0) is 70.4 Å². The first-order valence-corrected chi connectivity index (χ1v) is 11.2. The van der Waals surface area contributed by atoms with Crippen LogP contribution in [0.4, 0.5) is 4.39 Å². The number of carbonyl (C=O) groups is 2. The third-order valence-electron chi connectivity index (χ3n) is 8.99. The molecule has 0 unspecified atom stereocenters. The highest BCUT2D eigenvalue weighted by Crippen LogP contribution is 2.70. The lowest BCUT2D eigenvalue weighted by atomic mass is 9.44. The second kappa shape index (κ2) is 6.49. The van der Waals surface area contributed by atoms with Crippen LogP contribution in [-0.4, -0.2) is 45.3 Å². The number of aliphatic hydroxyl groups is 2. The third-order valence-corrected chi connectivity index (χ3v) is 8.99. The van der Waals surface area contributed by atoms with Crippen molar-refractivity contribution < 1.29 is 24.2 Å². The molecule has 30 heavy (non-hydrogen) atoms. The zero-order valence-corrected chi connectivity index (χ0v) is 18.5. The number of rotatable bonds is 2. The predicted molar refractivity (Wildman–Crippen MR) is 111 cm³/mol. The zero-order valence-electron chi connectivity index (χ0n) is 18.5. The summed E-state index contributed by atoms with van der Waals surface area (Å²) < 4.78 is 17.0. The van der Waals surface area contributed by atoms with E-state index in [0.29, 0.717) is 19.3 Å². The lowest BCUT2D eigenvalue weighted by Gasteiger charge is -2.62. The van der Waals surface area contributed by atoms with Gasteiger partial charge in [0.2, 0.25) is 0 Å². The van der Waals surface area contributed by atoms with E-state index in [4.69, 9.17) is 0 Å². The van der Waals surface area contributed by atoms with Gasteiger partial charge in [-0.25, -0.2) is 4.39 Å². The first-order chi connectivity index (χ1) is 13.8. The number of allylic oxidation sites excluding steroid dienone is 4. The van der Waals surface area contributed by atoms with Gasteiger partial charge in [0.1, 0.15) is 0 Å².